The van der Waals surface area contributed by atoms with Gasteiger partial charge in [-0.1, -0.05) is 93.2 Å². The number of alkyl carbamates (subject to hydrolysis) is 1. The highest BCUT2D eigenvalue weighted by molar-refractivity contribution is 5.67. The molecule has 0 aromatic rings. The first kappa shape index (κ1) is 38.7. The fourth-order valence-electron chi connectivity index (χ4n) is 10.5. The molecule has 3 saturated carbocycles. The van der Waals surface area contributed by atoms with Crippen molar-refractivity contribution < 1.29 is 19.0 Å². The molecule has 4 aliphatic rings. The van der Waals surface area contributed by atoms with Gasteiger partial charge in [-0.2, -0.15) is 0 Å². The third-order valence-electron chi connectivity index (χ3n) is 13.1. The van der Waals surface area contributed by atoms with Crippen LogP contribution in [0.2, 0.25) is 0 Å². The second-order valence-electron chi connectivity index (χ2n) is 20.1. The smallest absolute Gasteiger partial charge is 0.407 e. The predicted molar refractivity (Wildman–Crippen MR) is 195 cm³/mol. The monoisotopic (exact) mass is 658 g/mol. The van der Waals surface area contributed by atoms with Crippen molar-refractivity contribution >= 4 is 6.09 Å². The minimum Gasteiger partial charge on any atom is -0.444 e. The molecule has 0 aromatic heterocycles. The molecule has 0 aromatic carbocycles. The average Bonchev–Trinajstić information content (AvgIpc) is 3.31. The Hall–Kier alpha value is -1.07. The third-order valence-corrected chi connectivity index (χ3v) is 13.1. The van der Waals surface area contributed by atoms with Crippen LogP contribution in [0.5, 0.6) is 0 Å². The molecule has 5 nitrogen and oxygen atoms in total. The Labute approximate surface area is 290 Å². The van der Waals surface area contributed by atoms with Crippen LogP contribution in [0.15, 0.2) is 11.6 Å². The number of carbonyl (C=O) groups excluding carboxylic acids is 1. The molecule has 0 heterocycles. The van der Waals surface area contributed by atoms with Crippen molar-refractivity contribution in [1.82, 2.24) is 5.32 Å². The molecule has 8 unspecified atom stereocenters. The molecule has 8 atom stereocenters. The molecule has 1 amide bonds. The number of hydrogen-bond acceptors (Lipinski definition) is 4. The van der Waals surface area contributed by atoms with Crippen LogP contribution in [0.25, 0.3) is 0 Å². The number of allylic oxidation sites excluding steroid dienone is 1. The molecule has 0 bridgehead atoms. The molecular weight excluding hydrogens is 582 g/mol. The van der Waals surface area contributed by atoms with Crippen molar-refractivity contribution in [3.63, 3.8) is 0 Å². The lowest BCUT2D eigenvalue weighted by molar-refractivity contribution is -0.0796. The summed E-state index contributed by atoms with van der Waals surface area (Å²) in [4.78, 5) is 12.1. The molecule has 47 heavy (non-hydrogen) atoms. The fourth-order valence-corrected chi connectivity index (χ4v) is 10.5. The summed E-state index contributed by atoms with van der Waals surface area (Å²) in [6, 6.07) is 0. The summed E-state index contributed by atoms with van der Waals surface area (Å²) in [5, 5.41) is 2.90. The number of rotatable bonds is 14. The van der Waals surface area contributed by atoms with Crippen molar-refractivity contribution in [1.29, 1.82) is 0 Å². The fraction of sp³-hybridized carbons (Fsp3) is 0.929. The number of ether oxygens (including phenoxy) is 3. The topological polar surface area (TPSA) is 56.8 Å². The predicted octanol–water partition coefficient (Wildman–Crippen LogP) is 11.0. The standard InChI is InChI=1S/C42H75NO4/c1-29(2)14-13-15-30(3)34-18-19-35-33-17-16-31-24-32(20-22-41(31,11)36(33)21-23-42(34,35)12)46-28-40(9,10)27-45-26-39(7,8)25-43-37(44)47-38(4,5)6/h16,29-30,32-36H,13-15,17-28H2,1-12H3,(H,43,44). The van der Waals surface area contributed by atoms with Crippen molar-refractivity contribution in [2.24, 2.45) is 57.2 Å². The number of fused-ring (bicyclic) bond motifs is 5. The van der Waals surface area contributed by atoms with Gasteiger partial charge in [-0.15, -0.1) is 0 Å². The van der Waals surface area contributed by atoms with Gasteiger partial charge < -0.3 is 19.5 Å². The molecule has 0 radical (unpaired) electrons. The lowest BCUT2D eigenvalue weighted by atomic mass is 9.47. The van der Waals surface area contributed by atoms with Crippen molar-refractivity contribution in [2.75, 3.05) is 26.4 Å². The van der Waals surface area contributed by atoms with Gasteiger partial charge in [-0.3, -0.25) is 0 Å². The van der Waals surface area contributed by atoms with Crippen LogP contribution in [-0.2, 0) is 14.2 Å². The molecule has 0 aliphatic heterocycles. The number of hydrogen-bond donors (Lipinski definition) is 1. The van der Waals surface area contributed by atoms with E-state index in [4.69, 9.17) is 14.2 Å². The van der Waals surface area contributed by atoms with Gasteiger partial charge in [-0.25, -0.2) is 4.79 Å². The average molecular weight is 658 g/mol. The van der Waals surface area contributed by atoms with E-state index in [-0.39, 0.29) is 16.9 Å². The Morgan fingerprint density at radius 3 is 2.28 bits per heavy atom. The number of amides is 1. The van der Waals surface area contributed by atoms with Gasteiger partial charge in [0.25, 0.3) is 0 Å². The van der Waals surface area contributed by atoms with Crippen molar-refractivity contribution in [3.8, 4) is 0 Å². The summed E-state index contributed by atoms with van der Waals surface area (Å²) in [5.41, 5.74) is 1.88. The summed E-state index contributed by atoms with van der Waals surface area (Å²) < 4.78 is 18.3. The van der Waals surface area contributed by atoms with E-state index in [0.29, 0.717) is 43.3 Å². The summed E-state index contributed by atoms with van der Waals surface area (Å²) in [6.45, 7) is 29.5. The normalized spacial score (nSPS) is 33.5. The summed E-state index contributed by atoms with van der Waals surface area (Å²) >= 11 is 0. The van der Waals surface area contributed by atoms with Crippen LogP contribution in [0, 0.1) is 57.2 Å². The van der Waals surface area contributed by atoms with Crippen molar-refractivity contribution in [2.45, 2.75) is 165 Å². The Morgan fingerprint density at radius 2 is 1.60 bits per heavy atom. The highest BCUT2D eigenvalue weighted by atomic mass is 16.6. The van der Waals surface area contributed by atoms with Crippen LogP contribution < -0.4 is 5.32 Å². The van der Waals surface area contributed by atoms with E-state index in [1.165, 1.54) is 64.2 Å². The molecule has 0 spiro atoms. The molecule has 1 N–H and O–H groups in total. The minimum absolute atomic E-state index is 0.0692. The van der Waals surface area contributed by atoms with Gasteiger partial charge in [-0.05, 0) is 118 Å². The van der Waals surface area contributed by atoms with E-state index in [2.05, 4.69) is 73.7 Å². The largest absolute Gasteiger partial charge is 0.444 e. The van der Waals surface area contributed by atoms with Gasteiger partial charge in [0.15, 0.2) is 0 Å². The minimum atomic E-state index is -0.496. The van der Waals surface area contributed by atoms with Gasteiger partial charge in [0, 0.05) is 17.4 Å². The zero-order chi connectivity index (χ0) is 34.8. The van der Waals surface area contributed by atoms with Crippen LogP contribution in [0.3, 0.4) is 0 Å². The first-order valence-electron chi connectivity index (χ1n) is 19.6. The Bertz CT molecular complexity index is 1070. The van der Waals surface area contributed by atoms with Gasteiger partial charge in [0.2, 0.25) is 0 Å². The molecular formula is C42H75NO4. The van der Waals surface area contributed by atoms with E-state index < -0.39 is 5.60 Å². The summed E-state index contributed by atoms with van der Waals surface area (Å²) in [6.07, 6.45) is 17.5. The van der Waals surface area contributed by atoms with E-state index in [9.17, 15) is 4.79 Å². The summed E-state index contributed by atoms with van der Waals surface area (Å²) in [5.74, 6) is 5.29. The number of nitrogens with one attached hydrogen (secondary N) is 1. The zero-order valence-corrected chi connectivity index (χ0v) is 32.9. The second kappa shape index (κ2) is 15.0. The van der Waals surface area contributed by atoms with Gasteiger partial charge in [0.1, 0.15) is 5.60 Å². The first-order valence-corrected chi connectivity index (χ1v) is 19.6. The lowest BCUT2D eigenvalue weighted by Gasteiger charge is -2.58. The van der Waals surface area contributed by atoms with Crippen LogP contribution in [0.1, 0.15) is 154 Å². The van der Waals surface area contributed by atoms with Crippen molar-refractivity contribution in [3.05, 3.63) is 11.6 Å². The highest BCUT2D eigenvalue weighted by Gasteiger charge is 2.59. The maximum Gasteiger partial charge on any atom is 0.407 e. The Balaban J connectivity index is 1.25. The van der Waals surface area contributed by atoms with Crippen LogP contribution in [0.4, 0.5) is 4.79 Å². The van der Waals surface area contributed by atoms with Gasteiger partial charge >= 0.3 is 6.09 Å². The first-order chi connectivity index (χ1) is 21.7. The quantitative estimate of drug-likeness (QED) is 0.189. The van der Waals surface area contributed by atoms with E-state index in [1.54, 1.807) is 5.57 Å². The Morgan fingerprint density at radius 1 is 0.894 bits per heavy atom. The summed E-state index contributed by atoms with van der Waals surface area (Å²) in [7, 11) is 0. The molecule has 4 aliphatic carbocycles. The maximum absolute atomic E-state index is 12.1. The maximum atomic E-state index is 12.1. The molecule has 5 heteroatoms. The van der Waals surface area contributed by atoms with E-state index in [0.717, 1.165) is 41.9 Å². The van der Waals surface area contributed by atoms with E-state index >= 15 is 0 Å². The molecule has 4 rings (SSSR count). The SMILES string of the molecule is CC(C)CCCC(C)C1CCC2C3CC=C4CC(OCC(C)(C)COCC(C)(C)CNC(=O)OC(C)(C)C)CCC4(C)C3CCC12C. The highest BCUT2D eigenvalue weighted by Crippen LogP contribution is 2.67. The zero-order valence-electron chi connectivity index (χ0n) is 32.9. The molecule has 272 valence electrons. The number of carbonyl (C=O) groups is 1. The molecule has 3 fully saturated rings. The molecule has 0 saturated heterocycles. The van der Waals surface area contributed by atoms with Crippen LogP contribution in [-0.4, -0.2) is 44.2 Å². The second-order valence-corrected chi connectivity index (χ2v) is 20.1. The Kier molecular flexibility index (Phi) is 12.4. The van der Waals surface area contributed by atoms with E-state index in [1.807, 2.05) is 20.8 Å². The lowest BCUT2D eigenvalue weighted by Crippen LogP contribution is -2.51. The third kappa shape index (κ3) is 9.80. The van der Waals surface area contributed by atoms with Crippen LogP contribution >= 0.6 is 0 Å². The van der Waals surface area contributed by atoms with Gasteiger partial charge in [0.05, 0.1) is 25.9 Å².